The van der Waals surface area contributed by atoms with Crippen LogP contribution < -0.4 is 4.90 Å². The molecular formula is C25H33N3O3. The van der Waals surface area contributed by atoms with Gasteiger partial charge in [-0.2, -0.15) is 0 Å². The van der Waals surface area contributed by atoms with Gasteiger partial charge in [-0.1, -0.05) is 31.2 Å². The number of rotatable bonds is 5. The fourth-order valence-corrected chi connectivity index (χ4v) is 3.96. The number of ether oxygens (including phenoxy) is 1. The van der Waals surface area contributed by atoms with E-state index in [9.17, 15) is 9.59 Å². The largest absolute Gasteiger partial charge is 0.443 e. The van der Waals surface area contributed by atoms with Crippen molar-refractivity contribution >= 4 is 17.8 Å². The molecule has 0 N–H and O–H groups in total. The van der Waals surface area contributed by atoms with Crippen LogP contribution in [0.3, 0.4) is 0 Å². The average molecular weight is 424 g/mol. The number of hydrogen-bond acceptors (Lipinski definition) is 4. The van der Waals surface area contributed by atoms with Crippen molar-refractivity contribution in [3.05, 3.63) is 59.8 Å². The number of nitrogens with zero attached hydrogens (tertiary/aromatic N) is 3. The minimum atomic E-state index is -0.599. The van der Waals surface area contributed by atoms with Crippen LogP contribution in [0.25, 0.3) is 0 Å². The SMILES string of the molecule is CCCN(C(=O)OC(C)(C)C)c1ncccc1[C@@H]1CCCCN1C(=O)c1ccccc1. The molecule has 1 fully saturated rings. The number of benzene rings is 1. The van der Waals surface area contributed by atoms with Crippen molar-refractivity contribution in [1.29, 1.82) is 0 Å². The van der Waals surface area contributed by atoms with E-state index in [2.05, 4.69) is 4.98 Å². The summed E-state index contributed by atoms with van der Waals surface area (Å²) in [6.45, 7) is 8.78. The first kappa shape index (κ1) is 22.8. The monoisotopic (exact) mass is 423 g/mol. The van der Waals surface area contributed by atoms with Crippen molar-refractivity contribution in [2.75, 3.05) is 18.0 Å². The van der Waals surface area contributed by atoms with Gasteiger partial charge >= 0.3 is 6.09 Å². The van der Waals surface area contributed by atoms with E-state index in [-0.39, 0.29) is 11.9 Å². The number of pyridine rings is 1. The van der Waals surface area contributed by atoms with Gasteiger partial charge in [0.15, 0.2) is 0 Å². The second kappa shape index (κ2) is 9.94. The Labute approximate surface area is 185 Å². The smallest absolute Gasteiger partial charge is 0.416 e. The van der Waals surface area contributed by atoms with Crippen molar-refractivity contribution < 1.29 is 14.3 Å². The molecule has 1 atom stereocenters. The summed E-state index contributed by atoms with van der Waals surface area (Å²) in [5, 5.41) is 0. The average Bonchev–Trinajstić information content (AvgIpc) is 2.76. The van der Waals surface area contributed by atoms with E-state index in [4.69, 9.17) is 4.74 Å². The number of aromatic nitrogens is 1. The highest BCUT2D eigenvalue weighted by Crippen LogP contribution is 2.36. The molecule has 1 saturated heterocycles. The first-order valence-electron chi connectivity index (χ1n) is 11.1. The first-order valence-corrected chi connectivity index (χ1v) is 11.1. The molecule has 2 heterocycles. The van der Waals surface area contributed by atoms with E-state index >= 15 is 0 Å². The van der Waals surface area contributed by atoms with Gasteiger partial charge in [-0.25, -0.2) is 9.78 Å². The predicted octanol–water partition coefficient (Wildman–Crippen LogP) is 5.60. The summed E-state index contributed by atoms with van der Waals surface area (Å²) >= 11 is 0. The Morgan fingerprint density at radius 2 is 1.87 bits per heavy atom. The maximum Gasteiger partial charge on any atom is 0.416 e. The highest BCUT2D eigenvalue weighted by molar-refractivity contribution is 5.95. The normalized spacial score (nSPS) is 16.6. The minimum absolute atomic E-state index is 0.0133. The number of hydrogen-bond donors (Lipinski definition) is 0. The van der Waals surface area contributed by atoms with E-state index < -0.39 is 11.7 Å². The minimum Gasteiger partial charge on any atom is -0.443 e. The number of piperidine rings is 1. The number of amides is 2. The molecule has 1 aromatic carbocycles. The van der Waals surface area contributed by atoms with Gasteiger partial charge in [-0.3, -0.25) is 9.69 Å². The van der Waals surface area contributed by atoms with Crippen molar-refractivity contribution in [3.8, 4) is 0 Å². The van der Waals surface area contributed by atoms with E-state index in [0.717, 1.165) is 31.2 Å². The molecular weight excluding hydrogens is 390 g/mol. The summed E-state index contributed by atoms with van der Waals surface area (Å²) in [5.41, 5.74) is 0.973. The molecule has 0 unspecified atom stereocenters. The summed E-state index contributed by atoms with van der Waals surface area (Å²) < 4.78 is 5.66. The van der Waals surface area contributed by atoms with Gasteiger partial charge in [0.1, 0.15) is 11.4 Å². The van der Waals surface area contributed by atoms with Gasteiger partial charge in [-0.15, -0.1) is 0 Å². The second-order valence-electron chi connectivity index (χ2n) is 8.92. The molecule has 3 rings (SSSR count). The molecule has 0 aliphatic carbocycles. The van der Waals surface area contributed by atoms with Crippen LogP contribution in [0.4, 0.5) is 10.6 Å². The summed E-state index contributed by atoms with van der Waals surface area (Å²) in [6, 6.07) is 13.1. The molecule has 6 nitrogen and oxygen atoms in total. The van der Waals surface area contributed by atoms with Gasteiger partial charge < -0.3 is 9.64 Å². The van der Waals surface area contributed by atoms with Gasteiger partial charge in [0.25, 0.3) is 5.91 Å². The zero-order valence-corrected chi connectivity index (χ0v) is 19.0. The molecule has 0 spiro atoms. The molecule has 2 amide bonds. The topological polar surface area (TPSA) is 62.7 Å². The van der Waals surface area contributed by atoms with Crippen LogP contribution in [0.2, 0.25) is 0 Å². The van der Waals surface area contributed by atoms with E-state index in [1.54, 1.807) is 11.1 Å². The molecule has 6 heteroatoms. The lowest BCUT2D eigenvalue weighted by Crippen LogP contribution is -2.41. The first-order chi connectivity index (χ1) is 14.8. The lowest BCUT2D eigenvalue weighted by atomic mass is 9.94. The van der Waals surface area contributed by atoms with Crippen LogP contribution in [0.1, 0.15) is 75.3 Å². The van der Waals surface area contributed by atoms with Crippen molar-refractivity contribution in [3.63, 3.8) is 0 Å². The highest BCUT2D eigenvalue weighted by atomic mass is 16.6. The quantitative estimate of drug-likeness (QED) is 0.628. The van der Waals surface area contributed by atoms with E-state index in [0.29, 0.717) is 24.5 Å². The lowest BCUT2D eigenvalue weighted by Gasteiger charge is -2.38. The Bertz CT molecular complexity index is 892. The van der Waals surface area contributed by atoms with Crippen LogP contribution >= 0.6 is 0 Å². The Morgan fingerprint density at radius 1 is 1.13 bits per heavy atom. The van der Waals surface area contributed by atoms with Crippen LogP contribution in [0.15, 0.2) is 48.7 Å². The van der Waals surface area contributed by atoms with Crippen LogP contribution in [0.5, 0.6) is 0 Å². The fourth-order valence-electron chi connectivity index (χ4n) is 3.96. The van der Waals surface area contributed by atoms with E-state index in [1.165, 1.54) is 0 Å². The maximum atomic E-state index is 13.3. The van der Waals surface area contributed by atoms with Crippen LogP contribution in [0, 0.1) is 0 Å². The number of likely N-dealkylation sites (tertiary alicyclic amines) is 1. The molecule has 0 bridgehead atoms. The second-order valence-corrected chi connectivity index (χ2v) is 8.92. The molecule has 1 aliphatic heterocycles. The standard InChI is InChI=1S/C25H33N3O3/c1-5-17-28(24(30)31-25(2,3)4)22-20(14-11-16-26-22)21-15-9-10-18-27(21)23(29)19-12-7-6-8-13-19/h6-8,11-14,16,21H,5,9-10,15,17-18H2,1-4H3/t21-/m0/s1. The summed E-state index contributed by atoms with van der Waals surface area (Å²) in [5.74, 6) is 0.593. The number of carbonyl (C=O) groups excluding carboxylic acids is 2. The van der Waals surface area contributed by atoms with Gasteiger partial charge in [0, 0.05) is 30.4 Å². The molecule has 2 aromatic rings. The molecule has 31 heavy (non-hydrogen) atoms. The molecule has 166 valence electrons. The predicted molar refractivity (Wildman–Crippen MR) is 122 cm³/mol. The fraction of sp³-hybridized carbons (Fsp3) is 0.480. The lowest BCUT2D eigenvalue weighted by molar-refractivity contribution is 0.0577. The van der Waals surface area contributed by atoms with Crippen molar-refractivity contribution in [2.24, 2.45) is 0 Å². The molecule has 0 radical (unpaired) electrons. The van der Waals surface area contributed by atoms with Crippen LogP contribution in [-0.4, -0.2) is 40.6 Å². The molecule has 1 aliphatic rings. The Balaban J connectivity index is 1.97. The Kier molecular flexibility index (Phi) is 7.31. The van der Waals surface area contributed by atoms with Gasteiger partial charge in [0.2, 0.25) is 0 Å². The summed E-state index contributed by atoms with van der Waals surface area (Å²) in [6.07, 6.45) is 4.88. The Morgan fingerprint density at radius 3 is 2.55 bits per heavy atom. The highest BCUT2D eigenvalue weighted by Gasteiger charge is 2.33. The zero-order valence-electron chi connectivity index (χ0n) is 19.0. The summed E-state index contributed by atoms with van der Waals surface area (Å²) in [4.78, 5) is 34.4. The van der Waals surface area contributed by atoms with Crippen LogP contribution in [-0.2, 0) is 4.74 Å². The summed E-state index contributed by atoms with van der Waals surface area (Å²) in [7, 11) is 0. The number of anilines is 1. The third-order valence-corrected chi connectivity index (χ3v) is 5.28. The zero-order chi connectivity index (χ0) is 22.4. The van der Waals surface area contributed by atoms with Crippen molar-refractivity contribution in [1.82, 2.24) is 9.88 Å². The van der Waals surface area contributed by atoms with Crippen molar-refractivity contribution in [2.45, 2.75) is 65.0 Å². The van der Waals surface area contributed by atoms with Gasteiger partial charge in [-0.05, 0) is 64.7 Å². The Hall–Kier alpha value is -2.89. The third-order valence-electron chi connectivity index (χ3n) is 5.28. The third kappa shape index (κ3) is 5.63. The molecule has 1 aromatic heterocycles. The van der Waals surface area contributed by atoms with E-state index in [1.807, 2.05) is 75.1 Å². The molecule has 0 saturated carbocycles. The maximum absolute atomic E-state index is 13.3. The number of carbonyl (C=O) groups is 2. The van der Waals surface area contributed by atoms with Gasteiger partial charge in [0.05, 0.1) is 6.04 Å².